The number of hydrogen-bond donors (Lipinski definition) is 0. The summed E-state index contributed by atoms with van der Waals surface area (Å²) in [5.41, 5.74) is 0.764. The van der Waals surface area contributed by atoms with Crippen molar-refractivity contribution in [3.05, 3.63) is 0 Å². The molecule has 1 atom stereocenters. The lowest BCUT2D eigenvalue weighted by Crippen LogP contribution is -2.50. The fourth-order valence-corrected chi connectivity index (χ4v) is 6.49. The second-order valence-corrected chi connectivity index (χ2v) is 13.9. The molecular formula is C16H35O4Si2. The summed E-state index contributed by atoms with van der Waals surface area (Å²) >= 11 is 0. The van der Waals surface area contributed by atoms with E-state index in [4.69, 9.17) is 13.3 Å². The van der Waals surface area contributed by atoms with Gasteiger partial charge in [-0.15, -0.1) is 0 Å². The third kappa shape index (κ3) is 4.91. The van der Waals surface area contributed by atoms with Gasteiger partial charge in [0.25, 0.3) is 14.3 Å². The molecule has 0 aliphatic heterocycles. The van der Waals surface area contributed by atoms with Crippen LogP contribution in [0.15, 0.2) is 0 Å². The van der Waals surface area contributed by atoms with Gasteiger partial charge >= 0.3 is 9.28 Å². The van der Waals surface area contributed by atoms with Crippen LogP contribution in [0.4, 0.5) is 0 Å². The smallest absolute Gasteiger partial charge is 0.402 e. The lowest BCUT2D eigenvalue weighted by atomic mass is 10.1. The Balaban J connectivity index is 5.40. The molecule has 0 amide bonds. The minimum absolute atomic E-state index is 0.137. The first-order chi connectivity index (χ1) is 10.1. The summed E-state index contributed by atoms with van der Waals surface area (Å²) in [4.78, 5) is 13.0. The van der Waals surface area contributed by atoms with Crippen LogP contribution >= 0.6 is 0 Å². The maximum absolute atomic E-state index is 13.0. The minimum atomic E-state index is -2.13. The van der Waals surface area contributed by atoms with Gasteiger partial charge in [-0.25, -0.2) is 0 Å². The molecule has 4 nitrogen and oxygen atoms in total. The van der Waals surface area contributed by atoms with Crippen molar-refractivity contribution < 1.29 is 18.1 Å². The average Bonchev–Trinajstić information content (AvgIpc) is 2.45. The van der Waals surface area contributed by atoms with Crippen LogP contribution in [-0.2, 0) is 18.1 Å². The van der Waals surface area contributed by atoms with Gasteiger partial charge in [0.15, 0.2) is 0 Å². The summed E-state index contributed by atoms with van der Waals surface area (Å²) < 4.78 is 17.7. The average molecular weight is 348 g/mol. The topological polar surface area (TPSA) is 44.8 Å². The summed E-state index contributed by atoms with van der Waals surface area (Å²) in [6.45, 7) is 19.7. The van der Waals surface area contributed by atoms with Crippen molar-refractivity contribution in [3.8, 4) is 0 Å². The van der Waals surface area contributed by atoms with E-state index in [1.807, 2.05) is 27.7 Å². The van der Waals surface area contributed by atoms with Gasteiger partial charge in [-0.3, -0.25) is 4.79 Å². The molecule has 6 heteroatoms. The molecule has 0 aliphatic rings. The van der Waals surface area contributed by atoms with E-state index in [9.17, 15) is 4.79 Å². The highest BCUT2D eigenvalue weighted by Crippen LogP contribution is 2.41. The fourth-order valence-electron chi connectivity index (χ4n) is 2.21. The summed E-state index contributed by atoms with van der Waals surface area (Å²) in [6.07, 6.45) is 0.667. The van der Waals surface area contributed by atoms with Gasteiger partial charge in [-0.05, 0) is 44.8 Å². The third-order valence-corrected chi connectivity index (χ3v) is 12.5. The zero-order valence-corrected chi connectivity index (χ0v) is 17.9. The highest BCUT2D eigenvalue weighted by atomic mass is 28.4. The van der Waals surface area contributed by atoms with Crippen LogP contribution in [0.2, 0.25) is 22.7 Å². The lowest BCUT2D eigenvalue weighted by Gasteiger charge is -2.39. The maximum atomic E-state index is 13.0. The molecule has 0 spiro atoms. The monoisotopic (exact) mass is 347 g/mol. The van der Waals surface area contributed by atoms with Crippen molar-refractivity contribution in [2.24, 2.45) is 0 Å². The molecule has 1 unspecified atom stereocenters. The molecule has 0 fully saturated rings. The molecule has 0 saturated carbocycles. The molecule has 0 aliphatic carbocycles. The number of carbonyl (C=O) groups is 1. The largest absolute Gasteiger partial charge is 0.518 e. The van der Waals surface area contributed by atoms with E-state index in [1.165, 1.54) is 0 Å². The summed E-state index contributed by atoms with van der Waals surface area (Å²) in [7, 11) is -3.84. The molecule has 0 bridgehead atoms. The molecular weight excluding hydrogens is 312 g/mol. The Morgan fingerprint density at radius 3 is 1.73 bits per heavy atom. The third-order valence-electron chi connectivity index (χ3n) is 4.76. The highest BCUT2D eigenvalue weighted by Gasteiger charge is 2.51. The predicted molar refractivity (Wildman–Crippen MR) is 95.6 cm³/mol. The lowest BCUT2D eigenvalue weighted by molar-refractivity contribution is -0.139. The van der Waals surface area contributed by atoms with Crippen LogP contribution in [0.25, 0.3) is 0 Å². The summed E-state index contributed by atoms with van der Waals surface area (Å²) in [6, 6.07) is 0. The first-order valence-corrected chi connectivity index (χ1v) is 12.3. The quantitative estimate of drug-likeness (QED) is 0.539. The maximum Gasteiger partial charge on any atom is 0.402 e. The molecule has 0 aromatic carbocycles. The second-order valence-electron chi connectivity index (χ2n) is 6.72. The van der Waals surface area contributed by atoms with Gasteiger partial charge in [0.05, 0.1) is 0 Å². The molecule has 1 radical (unpaired) electrons. The zero-order chi connectivity index (χ0) is 17.6. The second kappa shape index (κ2) is 9.20. The Hall–Kier alpha value is -0.176. The van der Waals surface area contributed by atoms with Gasteiger partial charge in [0.1, 0.15) is 5.04 Å². The van der Waals surface area contributed by atoms with Crippen molar-refractivity contribution in [3.63, 3.8) is 0 Å². The molecule has 0 N–H and O–H groups in total. The summed E-state index contributed by atoms with van der Waals surface area (Å²) in [5, 5.41) is -0.672. The Labute approximate surface area is 139 Å². The molecule has 0 aromatic rings. The minimum Gasteiger partial charge on any atom is -0.518 e. The number of carbonyl (C=O) groups excluding carboxylic acids is 1. The van der Waals surface area contributed by atoms with Crippen LogP contribution in [0.1, 0.15) is 61.8 Å². The Morgan fingerprint density at radius 1 is 1.05 bits per heavy atom. The van der Waals surface area contributed by atoms with E-state index in [-0.39, 0.29) is 5.97 Å². The zero-order valence-electron chi connectivity index (χ0n) is 15.9. The van der Waals surface area contributed by atoms with Crippen LogP contribution in [0.5, 0.6) is 0 Å². The van der Waals surface area contributed by atoms with Gasteiger partial charge in [-0.1, -0.05) is 34.6 Å². The SMILES string of the molecule is CCO[Si](OCC)C(C)(CC)C(=O)O[Si](C)(C(C)C)C(C)C. The van der Waals surface area contributed by atoms with Gasteiger partial charge in [0, 0.05) is 13.2 Å². The van der Waals surface area contributed by atoms with E-state index in [0.29, 0.717) is 30.7 Å². The van der Waals surface area contributed by atoms with Crippen LogP contribution in [0, 0.1) is 0 Å². The van der Waals surface area contributed by atoms with E-state index >= 15 is 0 Å². The first-order valence-electron chi connectivity index (χ1n) is 8.46. The van der Waals surface area contributed by atoms with Crippen molar-refractivity contribution in [1.82, 2.24) is 0 Å². The van der Waals surface area contributed by atoms with Gasteiger partial charge in [-0.2, -0.15) is 0 Å². The molecule has 131 valence electrons. The number of rotatable bonds is 10. The Bertz CT molecular complexity index is 333. The van der Waals surface area contributed by atoms with Crippen molar-refractivity contribution in [2.45, 2.75) is 84.5 Å². The van der Waals surface area contributed by atoms with Crippen molar-refractivity contribution in [1.29, 1.82) is 0 Å². The molecule has 0 heterocycles. The Kier molecular flexibility index (Phi) is 9.13. The normalized spacial score (nSPS) is 15.5. The molecule has 0 aromatic heterocycles. The highest BCUT2D eigenvalue weighted by molar-refractivity contribution is 6.77. The molecule has 22 heavy (non-hydrogen) atoms. The predicted octanol–water partition coefficient (Wildman–Crippen LogP) is 4.66. The molecule has 0 saturated heterocycles. The molecule has 0 rings (SSSR count). The summed E-state index contributed by atoms with van der Waals surface area (Å²) in [5.74, 6) is -0.137. The van der Waals surface area contributed by atoms with Gasteiger partial charge in [0.2, 0.25) is 0 Å². The number of hydrogen-bond acceptors (Lipinski definition) is 4. The Morgan fingerprint density at radius 2 is 1.45 bits per heavy atom. The van der Waals surface area contributed by atoms with E-state index < -0.39 is 22.6 Å². The standard InChI is InChI=1S/C16H35O4Si2/c1-10-16(8,21(18-11-2)19-12-3)15(17)20-22(9,13(4)5)14(6)7/h13-14H,10-12H2,1-9H3. The van der Waals surface area contributed by atoms with Crippen molar-refractivity contribution >= 4 is 23.6 Å². The van der Waals surface area contributed by atoms with Crippen LogP contribution in [0.3, 0.4) is 0 Å². The van der Waals surface area contributed by atoms with Gasteiger partial charge < -0.3 is 13.3 Å². The van der Waals surface area contributed by atoms with Crippen LogP contribution in [-0.4, -0.2) is 36.8 Å². The fraction of sp³-hybridized carbons (Fsp3) is 0.938. The van der Waals surface area contributed by atoms with E-state index in [1.54, 1.807) is 0 Å². The van der Waals surface area contributed by atoms with E-state index in [2.05, 4.69) is 34.2 Å². The van der Waals surface area contributed by atoms with Crippen LogP contribution < -0.4 is 0 Å². The van der Waals surface area contributed by atoms with Crippen molar-refractivity contribution in [2.75, 3.05) is 13.2 Å². The first kappa shape index (κ1) is 21.8. The van der Waals surface area contributed by atoms with E-state index in [0.717, 1.165) is 0 Å².